The largest absolute Gasteiger partial charge is 0.495 e. The highest BCUT2D eigenvalue weighted by atomic mass is 16.7. The van der Waals surface area contributed by atoms with Gasteiger partial charge in [0, 0.05) is 0 Å². The van der Waals surface area contributed by atoms with Gasteiger partial charge in [-0.1, -0.05) is 57.2 Å². The van der Waals surface area contributed by atoms with Crippen LogP contribution in [0.4, 0.5) is 0 Å². The lowest BCUT2D eigenvalue weighted by Crippen LogP contribution is -2.41. The summed E-state index contributed by atoms with van der Waals surface area (Å²) in [5.41, 5.74) is 7.03. The van der Waals surface area contributed by atoms with Crippen LogP contribution in [0.1, 0.15) is 65.2 Å². The van der Waals surface area contributed by atoms with E-state index in [9.17, 15) is 0 Å². The fraction of sp³-hybridized carbons (Fsp3) is 0.500. The van der Waals surface area contributed by atoms with Crippen molar-refractivity contribution in [2.24, 2.45) is 0 Å². The van der Waals surface area contributed by atoms with Crippen molar-refractivity contribution in [3.63, 3.8) is 0 Å². The molecule has 1 fully saturated rings. The van der Waals surface area contributed by atoms with E-state index in [1.54, 1.807) is 0 Å². The molecule has 0 saturated carbocycles. The lowest BCUT2D eigenvalue weighted by atomic mass is 9.74. The van der Waals surface area contributed by atoms with E-state index in [4.69, 9.17) is 9.31 Å². The molecule has 1 aliphatic heterocycles. The predicted molar refractivity (Wildman–Crippen MR) is 116 cm³/mol. The SMILES string of the molecule is Cc1cc(C(C)(C)C)ccc1-c1cccc(B2OC(C)(C)C(C)(C)O2)c1C. The van der Waals surface area contributed by atoms with Crippen LogP contribution in [-0.2, 0) is 14.7 Å². The molecule has 0 amide bonds. The normalized spacial score (nSPS) is 18.8. The molecule has 0 radical (unpaired) electrons. The van der Waals surface area contributed by atoms with Gasteiger partial charge in [0.25, 0.3) is 0 Å². The third-order valence-corrected chi connectivity index (χ3v) is 6.27. The van der Waals surface area contributed by atoms with Gasteiger partial charge in [-0.15, -0.1) is 0 Å². The quantitative estimate of drug-likeness (QED) is 0.649. The highest BCUT2D eigenvalue weighted by molar-refractivity contribution is 6.62. The zero-order valence-corrected chi connectivity index (χ0v) is 18.4. The number of hydrogen-bond donors (Lipinski definition) is 0. The summed E-state index contributed by atoms with van der Waals surface area (Å²) in [5.74, 6) is 0. The Morgan fingerprint density at radius 3 is 1.93 bits per heavy atom. The first kappa shape index (κ1) is 20.2. The van der Waals surface area contributed by atoms with E-state index in [1.165, 1.54) is 27.8 Å². The van der Waals surface area contributed by atoms with Gasteiger partial charge < -0.3 is 9.31 Å². The monoisotopic (exact) mass is 364 g/mol. The molecule has 1 heterocycles. The summed E-state index contributed by atoms with van der Waals surface area (Å²) in [6.45, 7) is 19.5. The Morgan fingerprint density at radius 2 is 1.41 bits per heavy atom. The van der Waals surface area contributed by atoms with E-state index >= 15 is 0 Å². The Morgan fingerprint density at radius 1 is 0.815 bits per heavy atom. The van der Waals surface area contributed by atoms with Gasteiger partial charge in [-0.2, -0.15) is 0 Å². The molecule has 2 nitrogen and oxygen atoms in total. The molecule has 144 valence electrons. The number of rotatable bonds is 2. The second-order valence-electron chi connectivity index (χ2n) is 9.89. The molecule has 0 bridgehead atoms. The second-order valence-corrected chi connectivity index (χ2v) is 9.89. The van der Waals surface area contributed by atoms with E-state index < -0.39 is 0 Å². The Bertz CT molecular complexity index is 843. The van der Waals surface area contributed by atoms with Crippen LogP contribution in [0.3, 0.4) is 0 Å². The van der Waals surface area contributed by atoms with Crippen LogP contribution < -0.4 is 5.46 Å². The van der Waals surface area contributed by atoms with Gasteiger partial charge in [0.15, 0.2) is 0 Å². The van der Waals surface area contributed by atoms with Gasteiger partial charge in [0.05, 0.1) is 11.2 Å². The van der Waals surface area contributed by atoms with Crippen LogP contribution in [-0.4, -0.2) is 18.3 Å². The first-order valence-electron chi connectivity index (χ1n) is 9.90. The van der Waals surface area contributed by atoms with Gasteiger partial charge in [-0.25, -0.2) is 0 Å². The first-order valence-corrected chi connectivity index (χ1v) is 9.90. The van der Waals surface area contributed by atoms with Crippen molar-refractivity contribution in [3.05, 3.63) is 53.1 Å². The Hall–Kier alpha value is -1.58. The first-order chi connectivity index (χ1) is 12.3. The molecule has 3 heteroatoms. The topological polar surface area (TPSA) is 18.5 Å². The lowest BCUT2D eigenvalue weighted by Gasteiger charge is -2.32. The maximum absolute atomic E-state index is 6.29. The second kappa shape index (κ2) is 6.50. The minimum absolute atomic E-state index is 0.156. The van der Waals surface area contributed by atoms with E-state index in [0.29, 0.717) is 0 Å². The molecule has 1 saturated heterocycles. The standard InChI is InChI=1S/C24H33BO2/c1-16-15-18(22(3,4)5)13-14-19(16)20-11-10-12-21(17(20)2)25-26-23(6,7)24(8,9)27-25/h10-15H,1-9H3. The fourth-order valence-electron chi connectivity index (χ4n) is 3.60. The molecular formula is C24H33BO2. The number of hydrogen-bond acceptors (Lipinski definition) is 2. The minimum atomic E-state index is -0.330. The molecule has 0 spiro atoms. The molecule has 0 N–H and O–H groups in total. The molecule has 3 rings (SSSR count). The van der Waals surface area contributed by atoms with Crippen molar-refractivity contribution in [2.75, 3.05) is 0 Å². The summed E-state index contributed by atoms with van der Waals surface area (Å²) in [6, 6.07) is 13.3. The van der Waals surface area contributed by atoms with Crippen molar-refractivity contribution in [1.82, 2.24) is 0 Å². The number of benzene rings is 2. The summed E-state index contributed by atoms with van der Waals surface area (Å²) in [5, 5.41) is 0. The highest BCUT2D eigenvalue weighted by Crippen LogP contribution is 2.37. The van der Waals surface area contributed by atoms with Crippen molar-refractivity contribution < 1.29 is 9.31 Å². The summed E-state index contributed by atoms with van der Waals surface area (Å²) < 4.78 is 12.6. The molecule has 0 atom stereocenters. The maximum Gasteiger partial charge on any atom is 0.495 e. The van der Waals surface area contributed by atoms with Gasteiger partial charge in [0.2, 0.25) is 0 Å². The molecule has 2 aromatic carbocycles. The van der Waals surface area contributed by atoms with Crippen LogP contribution in [0, 0.1) is 13.8 Å². The van der Waals surface area contributed by atoms with E-state index in [1.807, 2.05) is 0 Å². The molecule has 2 aromatic rings. The molecule has 0 aromatic heterocycles. The van der Waals surface area contributed by atoms with Crippen molar-refractivity contribution >= 4 is 12.6 Å². The lowest BCUT2D eigenvalue weighted by molar-refractivity contribution is 0.00578. The molecule has 1 aliphatic rings. The van der Waals surface area contributed by atoms with E-state index in [-0.39, 0.29) is 23.7 Å². The fourth-order valence-corrected chi connectivity index (χ4v) is 3.60. The van der Waals surface area contributed by atoms with Crippen LogP contribution in [0.15, 0.2) is 36.4 Å². The van der Waals surface area contributed by atoms with E-state index in [0.717, 1.165) is 5.46 Å². The zero-order chi connectivity index (χ0) is 20.2. The van der Waals surface area contributed by atoms with Crippen LogP contribution >= 0.6 is 0 Å². The third-order valence-electron chi connectivity index (χ3n) is 6.27. The molecule has 27 heavy (non-hydrogen) atoms. The highest BCUT2D eigenvalue weighted by Gasteiger charge is 2.52. The average Bonchev–Trinajstić information content (AvgIpc) is 2.75. The molecule has 0 unspecified atom stereocenters. The third kappa shape index (κ3) is 3.60. The van der Waals surface area contributed by atoms with Crippen molar-refractivity contribution in [2.45, 2.75) is 78.9 Å². The predicted octanol–water partition coefficient (Wildman–Crippen LogP) is 5.57. The Labute approximate surface area is 165 Å². The number of aryl methyl sites for hydroxylation is 1. The van der Waals surface area contributed by atoms with Gasteiger partial charge >= 0.3 is 7.12 Å². The van der Waals surface area contributed by atoms with Gasteiger partial charge in [-0.3, -0.25) is 0 Å². The summed E-state index contributed by atoms with van der Waals surface area (Å²) >= 11 is 0. The van der Waals surface area contributed by atoms with Gasteiger partial charge in [-0.05, 0) is 80.2 Å². The van der Waals surface area contributed by atoms with Crippen molar-refractivity contribution in [1.29, 1.82) is 0 Å². The van der Waals surface area contributed by atoms with Crippen LogP contribution in [0.2, 0.25) is 0 Å². The summed E-state index contributed by atoms with van der Waals surface area (Å²) in [4.78, 5) is 0. The maximum atomic E-state index is 6.29. The Kier molecular flexibility index (Phi) is 4.85. The summed E-state index contributed by atoms with van der Waals surface area (Å²) in [7, 11) is -0.330. The molecular weight excluding hydrogens is 331 g/mol. The van der Waals surface area contributed by atoms with Crippen molar-refractivity contribution in [3.8, 4) is 11.1 Å². The summed E-state index contributed by atoms with van der Waals surface area (Å²) in [6.07, 6.45) is 0. The minimum Gasteiger partial charge on any atom is -0.399 e. The zero-order valence-electron chi connectivity index (χ0n) is 18.4. The van der Waals surface area contributed by atoms with Crippen LogP contribution in [0.25, 0.3) is 11.1 Å². The average molecular weight is 364 g/mol. The van der Waals surface area contributed by atoms with E-state index in [2.05, 4.69) is 98.7 Å². The Balaban J connectivity index is 2.02. The molecule has 0 aliphatic carbocycles. The smallest absolute Gasteiger partial charge is 0.399 e. The van der Waals surface area contributed by atoms with Crippen LogP contribution in [0.5, 0.6) is 0 Å². The van der Waals surface area contributed by atoms with Gasteiger partial charge in [0.1, 0.15) is 0 Å².